The van der Waals surface area contributed by atoms with E-state index in [0.717, 1.165) is 6.08 Å². The van der Waals surface area contributed by atoms with E-state index < -0.39 is 5.97 Å². The van der Waals surface area contributed by atoms with E-state index in [0.29, 0.717) is 5.57 Å². The van der Waals surface area contributed by atoms with E-state index in [1.165, 1.54) is 24.3 Å². The Morgan fingerprint density at radius 2 is 2.08 bits per heavy atom. The Hall–Kier alpha value is -2.08. The van der Waals surface area contributed by atoms with E-state index >= 15 is 0 Å². The molecule has 0 radical (unpaired) electrons. The molecule has 0 saturated heterocycles. The van der Waals surface area contributed by atoms with Gasteiger partial charge >= 0.3 is 5.97 Å². The largest absolute Gasteiger partial charge is 0.478 e. The van der Waals surface area contributed by atoms with E-state index in [4.69, 9.17) is 10.4 Å². The van der Waals surface area contributed by atoms with Gasteiger partial charge in [-0.1, -0.05) is 18.7 Å². The maximum absolute atomic E-state index is 10.2. The smallest absolute Gasteiger partial charge is 0.328 e. The molecule has 0 unspecified atom stereocenters. The van der Waals surface area contributed by atoms with Gasteiger partial charge in [0.1, 0.15) is 0 Å². The molecule has 0 amide bonds. The number of aliphatic carboxylic acids is 1. The van der Waals surface area contributed by atoms with Gasteiger partial charge in [0.05, 0.1) is 6.07 Å². The zero-order valence-corrected chi connectivity index (χ0v) is 6.97. The first-order valence-corrected chi connectivity index (χ1v) is 3.50. The number of carboxylic acid groups (broad SMARTS) is 1. The Bertz CT molecular complexity index is 316. The summed E-state index contributed by atoms with van der Waals surface area (Å²) in [4.78, 5) is 10.2. The second kappa shape index (κ2) is 6.62. The fourth-order valence-electron chi connectivity index (χ4n) is 0.604. The number of carboxylic acids is 1. The van der Waals surface area contributed by atoms with Gasteiger partial charge < -0.3 is 5.11 Å². The molecule has 0 aromatic rings. The topological polar surface area (TPSA) is 61.1 Å². The lowest BCUT2D eigenvalue weighted by molar-refractivity contribution is -0.131. The van der Waals surface area contributed by atoms with Crippen LogP contribution in [0.1, 0.15) is 0 Å². The molecule has 0 aliphatic carbocycles. The van der Waals surface area contributed by atoms with Gasteiger partial charge in [0.2, 0.25) is 0 Å². The summed E-state index contributed by atoms with van der Waals surface area (Å²) in [5, 5.41) is 16.6. The van der Waals surface area contributed by atoms with Crippen molar-refractivity contribution in [3.05, 3.63) is 48.6 Å². The van der Waals surface area contributed by atoms with E-state index in [2.05, 4.69) is 6.58 Å². The van der Waals surface area contributed by atoms with Gasteiger partial charge in [0.15, 0.2) is 0 Å². The van der Waals surface area contributed by atoms with Crippen molar-refractivity contribution in [2.75, 3.05) is 0 Å². The van der Waals surface area contributed by atoms with Crippen LogP contribution in [0.25, 0.3) is 0 Å². The average Bonchev–Trinajstić information content (AvgIpc) is 2.09. The molecule has 0 aromatic carbocycles. The van der Waals surface area contributed by atoms with E-state index in [-0.39, 0.29) is 0 Å². The molecule has 0 rings (SSSR count). The minimum absolute atomic E-state index is 0.610. The van der Waals surface area contributed by atoms with Crippen molar-refractivity contribution in [2.45, 2.75) is 0 Å². The van der Waals surface area contributed by atoms with Crippen molar-refractivity contribution in [2.24, 2.45) is 0 Å². The highest BCUT2D eigenvalue weighted by Gasteiger charge is 1.87. The summed E-state index contributed by atoms with van der Waals surface area (Å²) < 4.78 is 0. The molecule has 3 heteroatoms. The van der Waals surface area contributed by atoms with Crippen molar-refractivity contribution in [3.8, 4) is 6.07 Å². The van der Waals surface area contributed by atoms with Crippen LogP contribution in [0.3, 0.4) is 0 Å². The van der Waals surface area contributed by atoms with Crippen LogP contribution in [-0.2, 0) is 4.79 Å². The van der Waals surface area contributed by atoms with Crippen molar-refractivity contribution >= 4 is 5.97 Å². The highest BCUT2D eigenvalue weighted by atomic mass is 16.4. The lowest BCUT2D eigenvalue weighted by Crippen LogP contribution is -1.86. The van der Waals surface area contributed by atoms with Crippen LogP contribution in [0, 0.1) is 11.3 Å². The number of nitrogens with zero attached hydrogens (tertiary/aromatic N) is 1. The first kappa shape index (κ1) is 10.9. The number of rotatable bonds is 4. The first-order chi connectivity index (χ1) is 6.20. The van der Waals surface area contributed by atoms with E-state index in [1.807, 2.05) is 6.07 Å². The lowest BCUT2D eigenvalue weighted by Gasteiger charge is -1.88. The van der Waals surface area contributed by atoms with Gasteiger partial charge in [-0.3, -0.25) is 0 Å². The number of allylic oxidation sites excluding steroid dienone is 6. The Labute approximate surface area is 76.6 Å². The third-order valence-corrected chi connectivity index (χ3v) is 1.08. The van der Waals surface area contributed by atoms with Gasteiger partial charge in [0, 0.05) is 12.2 Å². The molecule has 0 spiro atoms. The Morgan fingerprint density at radius 3 is 2.54 bits per heavy atom. The van der Waals surface area contributed by atoms with Crippen LogP contribution in [0.4, 0.5) is 0 Å². The minimum atomic E-state index is -1.03. The summed E-state index contributed by atoms with van der Waals surface area (Å²) >= 11 is 0. The number of carbonyl (C=O) groups is 1. The lowest BCUT2D eigenvalue weighted by atomic mass is 10.2. The van der Waals surface area contributed by atoms with Crippen molar-refractivity contribution in [1.29, 1.82) is 5.26 Å². The normalized spacial score (nSPS) is 11.8. The Kier molecular flexibility index (Phi) is 5.56. The molecular weight excluding hydrogens is 166 g/mol. The molecule has 0 atom stereocenters. The van der Waals surface area contributed by atoms with E-state index in [1.54, 1.807) is 6.08 Å². The SMILES string of the molecule is C=CC=C(C=CC#N)C=CC(=O)O. The number of hydrogen-bond donors (Lipinski definition) is 1. The quantitative estimate of drug-likeness (QED) is 0.402. The van der Waals surface area contributed by atoms with Gasteiger partial charge in [-0.25, -0.2) is 4.79 Å². The molecule has 0 aliphatic rings. The Morgan fingerprint density at radius 1 is 1.38 bits per heavy atom. The van der Waals surface area contributed by atoms with Crippen molar-refractivity contribution in [1.82, 2.24) is 0 Å². The second-order valence-corrected chi connectivity index (χ2v) is 2.04. The highest BCUT2D eigenvalue weighted by molar-refractivity contribution is 5.80. The van der Waals surface area contributed by atoms with Crippen molar-refractivity contribution < 1.29 is 9.90 Å². The first-order valence-electron chi connectivity index (χ1n) is 3.50. The molecule has 3 nitrogen and oxygen atoms in total. The predicted molar refractivity (Wildman–Crippen MR) is 49.8 cm³/mol. The molecule has 0 bridgehead atoms. The van der Waals surface area contributed by atoms with Gasteiger partial charge in [0.25, 0.3) is 0 Å². The Balaban J connectivity index is 4.56. The average molecular weight is 175 g/mol. The summed E-state index contributed by atoms with van der Waals surface area (Å²) in [6, 6.07) is 1.81. The summed E-state index contributed by atoms with van der Waals surface area (Å²) in [7, 11) is 0. The van der Waals surface area contributed by atoms with Gasteiger partial charge in [-0.2, -0.15) is 5.26 Å². The molecule has 1 N–H and O–H groups in total. The standard InChI is InChI=1S/C10H9NO2/c1-2-4-9(5-3-8-11)6-7-10(12)13/h2-7H,1H2,(H,12,13). The monoisotopic (exact) mass is 175 g/mol. The molecule has 0 heterocycles. The second-order valence-electron chi connectivity index (χ2n) is 2.04. The van der Waals surface area contributed by atoms with Crippen LogP contribution in [0.5, 0.6) is 0 Å². The fourth-order valence-corrected chi connectivity index (χ4v) is 0.604. The summed E-state index contributed by atoms with van der Waals surface area (Å²) in [6.45, 7) is 3.46. The summed E-state index contributed by atoms with van der Waals surface area (Å²) in [5.41, 5.74) is 0.610. The van der Waals surface area contributed by atoms with Crippen LogP contribution in [0.15, 0.2) is 48.6 Å². The van der Waals surface area contributed by atoms with Gasteiger partial charge in [-0.05, 0) is 17.7 Å². The van der Waals surface area contributed by atoms with Crippen LogP contribution in [0.2, 0.25) is 0 Å². The summed E-state index contributed by atoms with van der Waals surface area (Å²) in [6.07, 6.45) is 8.27. The number of nitriles is 1. The number of hydrogen-bond acceptors (Lipinski definition) is 2. The molecule has 0 fully saturated rings. The predicted octanol–water partition coefficient (Wildman–Crippen LogP) is 1.82. The maximum Gasteiger partial charge on any atom is 0.328 e. The third-order valence-electron chi connectivity index (χ3n) is 1.08. The van der Waals surface area contributed by atoms with Crippen LogP contribution in [-0.4, -0.2) is 11.1 Å². The maximum atomic E-state index is 10.2. The molecular formula is C10H9NO2. The van der Waals surface area contributed by atoms with Gasteiger partial charge in [-0.15, -0.1) is 0 Å². The third kappa shape index (κ3) is 6.32. The molecule has 0 aromatic heterocycles. The van der Waals surface area contributed by atoms with Crippen LogP contribution < -0.4 is 0 Å². The zero-order chi connectivity index (χ0) is 10.1. The van der Waals surface area contributed by atoms with Crippen molar-refractivity contribution in [3.63, 3.8) is 0 Å². The molecule has 66 valence electrons. The molecule has 0 saturated carbocycles. The summed E-state index contributed by atoms with van der Waals surface area (Å²) in [5.74, 6) is -1.03. The van der Waals surface area contributed by atoms with Crippen LogP contribution >= 0.6 is 0 Å². The fraction of sp³-hybridized carbons (Fsp3) is 0. The molecule has 0 aliphatic heterocycles. The minimum Gasteiger partial charge on any atom is -0.478 e. The van der Waals surface area contributed by atoms with E-state index in [9.17, 15) is 4.79 Å². The molecule has 13 heavy (non-hydrogen) atoms. The zero-order valence-electron chi connectivity index (χ0n) is 6.97. The highest BCUT2D eigenvalue weighted by Crippen LogP contribution is 1.99.